The van der Waals surface area contributed by atoms with Gasteiger partial charge in [-0.2, -0.15) is 0 Å². The molecular formula is C17H24N4O3. The molecule has 1 saturated heterocycles. The molecule has 1 heterocycles. The Morgan fingerprint density at radius 3 is 2.25 bits per heavy atom. The highest BCUT2D eigenvalue weighted by Gasteiger charge is 2.21. The average molecular weight is 332 g/mol. The van der Waals surface area contributed by atoms with Crippen LogP contribution in [0.2, 0.25) is 0 Å². The van der Waals surface area contributed by atoms with Gasteiger partial charge in [0.05, 0.1) is 0 Å². The molecule has 7 heteroatoms. The number of amides is 3. The van der Waals surface area contributed by atoms with Crippen molar-refractivity contribution in [1.29, 1.82) is 0 Å². The van der Waals surface area contributed by atoms with Crippen molar-refractivity contribution < 1.29 is 14.4 Å². The Hall–Kier alpha value is -2.57. The molecule has 130 valence electrons. The van der Waals surface area contributed by atoms with Gasteiger partial charge in [0.15, 0.2) is 0 Å². The summed E-state index contributed by atoms with van der Waals surface area (Å²) in [5, 5.41) is 5.91. The molecule has 0 saturated carbocycles. The molecule has 2 N–H and O–H groups in total. The van der Waals surface area contributed by atoms with E-state index in [1.807, 2.05) is 24.3 Å². The van der Waals surface area contributed by atoms with Crippen molar-refractivity contribution in [2.24, 2.45) is 0 Å². The van der Waals surface area contributed by atoms with Crippen LogP contribution >= 0.6 is 0 Å². The zero-order valence-corrected chi connectivity index (χ0v) is 14.2. The lowest BCUT2D eigenvalue weighted by Gasteiger charge is -2.34. The molecule has 2 rings (SSSR count). The molecule has 24 heavy (non-hydrogen) atoms. The van der Waals surface area contributed by atoms with E-state index in [0.717, 1.165) is 11.4 Å². The fourth-order valence-electron chi connectivity index (χ4n) is 2.65. The molecule has 1 aromatic rings. The second kappa shape index (κ2) is 8.33. The number of carbonyl (C=O) groups is 3. The van der Waals surface area contributed by atoms with Gasteiger partial charge in [-0.3, -0.25) is 14.4 Å². The van der Waals surface area contributed by atoms with Crippen LogP contribution in [0, 0.1) is 0 Å². The molecule has 0 unspecified atom stereocenters. The van der Waals surface area contributed by atoms with Crippen LogP contribution in [-0.4, -0.2) is 60.2 Å². The second-order valence-corrected chi connectivity index (χ2v) is 5.83. The molecule has 0 bridgehead atoms. The molecular weight excluding hydrogens is 308 g/mol. The van der Waals surface area contributed by atoms with Crippen molar-refractivity contribution in [3.8, 4) is 0 Å². The van der Waals surface area contributed by atoms with Gasteiger partial charge in [0.2, 0.25) is 17.7 Å². The van der Waals surface area contributed by atoms with E-state index < -0.39 is 0 Å². The minimum atomic E-state index is -0.118. The topological polar surface area (TPSA) is 81.8 Å². The summed E-state index contributed by atoms with van der Waals surface area (Å²) in [6, 6.07) is 7.38. The number of nitrogens with one attached hydrogen (secondary N) is 2. The van der Waals surface area contributed by atoms with E-state index in [4.69, 9.17) is 0 Å². The van der Waals surface area contributed by atoms with Crippen LogP contribution in [0.4, 0.5) is 11.4 Å². The zero-order chi connectivity index (χ0) is 17.5. The summed E-state index contributed by atoms with van der Waals surface area (Å²) in [6.07, 6.45) is 0.393. The molecule has 0 spiro atoms. The fourth-order valence-corrected chi connectivity index (χ4v) is 2.65. The number of anilines is 2. The quantitative estimate of drug-likeness (QED) is 0.847. The van der Waals surface area contributed by atoms with Crippen LogP contribution in [0.5, 0.6) is 0 Å². The van der Waals surface area contributed by atoms with E-state index in [1.165, 1.54) is 6.92 Å². The van der Waals surface area contributed by atoms with E-state index >= 15 is 0 Å². The predicted molar refractivity (Wildman–Crippen MR) is 92.7 cm³/mol. The molecule has 0 aromatic heterocycles. The third-order valence-corrected chi connectivity index (χ3v) is 3.93. The lowest BCUT2D eigenvalue weighted by atomic mass is 10.2. The number of hydrogen-bond donors (Lipinski definition) is 2. The Labute approximate surface area is 142 Å². The number of carbonyl (C=O) groups excluding carboxylic acids is 3. The van der Waals surface area contributed by atoms with Gasteiger partial charge in [-0.1, -0.05) is 6.07 Å². The minimum Gasteiger partial charge on any atom is -0.384 e. The van der Waals surface area contributed by atoms with Crippen molar-refractivity contribution in [3.63, 3.8) is 0 Å². The van der Waals surface area contributed by atoms with Gasteiger partial charge >= 0.3 is 0 Å². The van der Waals surface area contributed by atoms with Crippen LogP contribution in [0.1, 0.15) is 20.3 Å². The third kappa shape index (κ3) is 5.26. The highest BCUT2D eigenvalue weighted by Crippen LogP contribution is 2.15. The SMILES string of the molecule is CC(=O)Nc1cccc(NCCC(=O)N2CCN(C(C)=O)CC2)c1. The lowest BCUT2D eigenvalue weighted by molar-refractivity contribution is -0.138. The first-order chi connectivity index (χ1) is 11.5. The second-order valence-electron chi connectivity index (χ2n) is 5.83. The summed E-state index contributed by atoms with van der Waals surface area (Å²) in [5.41, 5.74) is 1.58. The van der Waals surface area contributed by atoms with Crippen LogP contribution in [0.15, 0.2) is 24.3 Å². The molecule has 0 radical (unpaired) electrons. The van der Waals surface area contributed by atoms with Crippen LogP contribution in [0.25, 0.3) is 0 Å². The highest BCUT2D eigenvalue weighted by atomic mass is 16.2. The van der Waals surface area contributed by atoms with E-state index in [1.54, 1.807) is 16.7 Å². The highest BCUT2D eigenvalue weighted by molar-refractivity contribution is 5.89. The summed E-state index contributed by atoms with van der Waals surface area (Å²) in [5.74, 6) is 0.0265. The van der Waals surface area contributed by atoms with Gasteiger partial charge in [-0.25, -0.2) is 0 Å². The smallest absolute Gasteiger partial charge is 0.224 e. The Balaban J connectivity index is 1.75. The average Bonchev–Trinajstić information content (AvgIpc) is 2.54. The summed E-state index contributed by atoms with van der Waals surface area (Å²) in [6.45, 7) is 5.93. The maximum Gasteiger partial charge on any atom is 0.224 e. The monoisotopic (exact) mass is 332 g/mol. The van der Waals surface area contributed by atoms with E-state index in [-0.39, 0.29) is 17.7 Å². The molecule has 0 aliphatic carbocycles. The first-order valence-electron chi connectivity index (χ1n) is 8.10. The maximum absolute atomic E-state index is 12.2. The maximum atomic E-state index is 12.2. The predicted octanol–water partition coefficient (Wildman–Crippen LogP) is 1.14. The Kier molecular flexibility index (Phi) is 6.17. The molecule has 1 fully saturated rings. The molecule has 1 aromatic carbocycles. The van der Waals surface area contributed by atoms with Gasteiger partial charge in [0, 0.05) is 64.4 Å². The first kappa shape index (κ1) is 17.8. The summed E-state index contributed by atoms with van der Waals surface area (Å²) in [4.78, 5) is 38.1. The van der Waals surface area contributed by atoms with E-state index in [0.29, 0.717) is 39.1 Å². The van der Waals surface area contributed by atoms with Crippen molar-refractivity contribution in [2.45, 2.75) is 20.3 Å². The van der Waals surface area contributed by atoms with Gasteiger partial charge in [0.1, 0.15) is 0 Å². The Morgan fingerprint density at radius 1 is 1.00 bits per heavy atom. The van der Waals surface area contributed by atoms with Gasteiger partial charge < -0.3 is 20.4 Å². The summed E-state index contributed by atoms with van der Waals surface area (Å²) in [7, 11) is 0. The fraction of sp³-hybridized carbons (Fsp3) is 0.471. The van der Waals surface area contributed by atoms with E-state index in [9.17, 15) is 14.4 Å². The van der Waals surface area contributed by atoms with Crippen molar-refractivity contribution in [3.05, 3.63) is 24.3 Å². The molecule has 3 amide bonds. The van der Waals surface area contributed by atoms with Crippen molar-refractivity contribution in [2.75, 3.05) is 43.4 Å². The van der Waals surface area contributed by atoms with Gasteiger partial charge in [-0.15, -0.1) is 0 Å². The number of piperazine rings is 1. The number of rotatable bonds is 5. The lowest BCUT2D eigenvalue weighted by Crippen LogP contribution is -2.50. The summed E-state index contributed by atoms with van der Waals surface area (Å²) >= 11 is 0. The number of hydrogen-bond acceptors (Lipinski definition) is 4. The van der Waals surface area contributed by atoms with Gasteiger partial charge in [-0.05, 0) is 18.2 Å². The van der Waals surface area contributed by atoms with E-state index in [2.05, 4.69) is 10.6 Å². The normalized spacial score (nSPS) is 14.2. The Morgan fingerprint density at radius 2 is 1.62 bits per heavy atom. The zero-order valence-electron chi connectivity index (χ0n) is 14.2. The van der Waals surface area contributed by atoms with Crippen molar-refractivity contribution >= 4 is 29.1 Å². The molecule has 1 aliphatic rings. The largest absolute Gasteiger partial charge is 0.384 e. The molecule has 0 atom stereocenters. The molecule has 7 nitrogen and oxygen atoms in total. The van der Waals surface area contributed by atoms with Crippen LogP contribution < -0.4 is 10.6 Å². The van der Waals surface area contributed by atoms with Gasteiger partial charge in [0.25, 0.3) is 0 Å². The van der Waals surface area contributed by atoms with Crippen LogP contribution in [-0.2, 0) is 14.4 Å². The first-order valence-corrected chi connectivity index (χ1v) is 8.10. The third-order valence-electron chi connectivity index (χ3n) is 3.93. The molecule has 1 aliphatic heterocycles. The Bertz CT molecular complexity index is 610. The number of benzene rings is 1. The number of nitrogens with zero attached hydrogens (tertiary/aromatic N) is 2. The standard InChI is InChI=1S/C17H24N4O3/c1-13(22)19-16-5-3-4-15(12-16)18-7-6-17(24)21-10-8-20(9-11-21)14(2)23/h3-5,12,18H,6-11H2,1-2H3,(H,19,22). The van der Waals surface area contributed by atoms with Crippen LogP contribution in [0.3, 0.4) is 0 Å². The minimum absolute atomic E-state index is 0.0582. The summed E-state index contributed by atoms with van der Waals surface area (Å²) < 4.78 is 0. The van der Waals surface area contributed by atoms with Crippen molar-refractivity contribution in [1.82, 2.24) is 9.80 Å².